The predicted molar refractivity (Wildman–Crippen MR) is 75.2 cm³/mol. The van der Waals surface area contributed by atoms with Gasteiger partial charge in [0.1, 0.15) is 5.75 Å². The van der Waals surface area contributed by atoms with Crippen LogP contribution in [0.5, 0.6) is 5.75 Å². The number of halogens is 2. The van der Waals surface area contributed by atoms with E-state index in [-0.39, 0.29) is 17.3 Å². The van der Waals surface area contributed by atoms with Gasteiger partial charge >= 0.3 is 0 Å². The SMILES string of the molecule is O=C(Nc1cc(Cl)ccc1O)c1ccccc1Br. The minimum atomic E-state index is -0.319. The number of aromatic hydroxyl groups is 1. The second kappa shape index (κ2) is 5.42. The van der Waals surface area contributed by atoms with Crippen LogP contribution in [0.15, 0.2) is 46.9 Å². The van der Waals surface area contributed by atoms with Crippen molar-refractivity contribution in [1.29, 1.82) is 0 Å². The molecule has 0 atom stereocenters. The molecule has 0 heterocycles. The zero-order chi connectivity index (χ0) is 13.1. The minimum absolute atomic E-state index is 0.0280. The average molecular weight is 327 g/mol. The van der Waals surface area contributed by atoms with Gasteiger partial charge in [0.15, 0.2) is 0 Å². The average Bonchev–Trinajstić information content (AvgIpc) is 2.34. The lowest BCUT2D eigenvalue weighted by Crippen LogP contribution is -2.12. The molecule has 0 radical (unpaired) electrons. The summed E-state index contributed by atoms with van der Waals surface area (Å²) in [5, 5.41) is 12.7. The Kier molecular flexibility index (Phi) is 3.89. The van der Waals surface area contributed by atoms with Crippen LogP contribution < -0.4 is 5.32 Å². The summed E-state index contributed by atoms with van der Waals surface area (Å²) < 4.78 is 0.684. The molecule has 0 saturated heterocycles. The van der Waals surface area contributed by atoms with Gasteiger partial charge in [0.05, 0.1) is 11.3 Å². The van der Waals surface area contributed by atoms with Gasteiger partial charge in [0.25, 0.3) is 5.91 Å². The molecule has 2 aromatic carbocycles. The normalized spacial score (nSPS) is 10.1. The summed E-state index contributed by atoms with van der Waals surface area (Å²) in [5.74, 6) is -0.347. The minimum Gasteiger partial charge on any atom is -0.506 e. The van der Waals surface area contributed by atoms with Crippen molar-refractivity contribution in [3.8, 4) is 5.75 Å². The first-order chi connectivity index (χ1) is 8.58. The molecule has 0 aliphatic rings. The first-order valence-electron chi connectivity index (χ1n) is 5.12. The van der Waals surface area contributed by atoms with Crippen molar-refractivity contribution in [3.63, 3.8) is 0 Å². The van der Waals surface area contributed by atoms with Gasteiger partial charge in [-0.15, -0.1) is 0 Å². The Morgan fingerprint density at radius 1 is 1.22 bits per heavy atom. The summed E-state index contributed by atoms with van der Waals surface area (Å²) in [6, 6.07) is 11.5. The molecule has 1 amide bonds. The molecule has 2 aromatic rings. The van der Waals surface area contributed by atoms with E-state index in [1.165, 1.54) is 12.1 Å². The molecular formula is C13H9BrClNO2. The molecular weight excluding hydrogens is 318 g/mol. The second-order valence-electron chi connectivity index (χ2n) is 3.60. The Morgan fingerprint density at radius 3 is 2.67 bits per heavy atom. The Morgan fingerprint density at radius 2 is 1.94 bits per heavy atom. The van der Waals surface area contributed by atoms with Gasteiger partial charge in [0, 0.05) is 9.50 Å². The maximum atomic E-state index is 12.0. The molecule has 0 fully saturated rings. The number of carbonyl (C=O) groups is 1. The quantitative estimate of drug-likeness (QED) is 0.818. The number of benzene rings is 2. The van der Waals surface area contributed by atoms with Gasteiger partial charge in [-0.3, -0.25) is 4.79 Å². The summed E-state index contributed by atoms with van der Waals surface area (Å²) in [5.41, 5.74) is 0.764. The van der Waals surface area contributed by atoms with Crippen molar-refractivity contribution in [2.45, 2.75) is 0 Å². The van der Waals surface area contributed by atoms with Crippen LogP contribution in [0.4, 0.5) is 5.69 Å². The fraction of sp³-hybridized carbons (Fsp3) is 0. The number of amides is 1. The van der Waals surface area contributed by atoms with Crippen molar-refractivity contribution in [3.05, 3.63) is 57.5 Å². The lowest BCUT2D eigenvalue weighted by Gasteiger charge is -2.08. The molecule has 5 heteroatoms. The van der Waals surface area contributed by atoms with E-state index in [4.69, 9.17) is 11.6 Å². The Balaban J connectivity index is 2.27. The maximum absolute atomic E-state index is 12.0. The van der Waals surface area contributed by atoms with Crippen molar-refractivity contribution >= 4 is 39.1 Å². The van der Waals surface area contributed by atoms with Crippen molar-refractivity contribution in [2.24, 2.45) is 0 Å². The van der Waals surface area contributed by atoms with Crippen molar-refractivity contribution < 1.29 is 9.90 Å². The highest BCUT2D eigenvalue weighted by molar-refractivity contribution is 9.10. The smallest absolute Gasteiger partial charge is 0.256 e. The van der Waals surface area contributed by atoms with Gasteiger partial charge in [0.2, 0.25) is 0 Å². The van der Waals surface area contributed by atoms with Gasteiger partial charge in [-0.25, -0.2) is 0 Å². The third kappa shape index (κ3) is 2.83. The van der Waals surface area contributed by atoms with Crippen LogP contribution in [-0.4, -0.2) is 11.0 Å². The van der Waals surface area contributed by atoms with Crippen molar-refractivity contribution in [2.75, 3.05) is 5.32 Å². The second-order valence-corrected chi connectivity index (χ2v) is 4.89. The Hall–Kier alpha value is -1.52. The third-order valence-corrected chi connectivity index (χ3v) is 3.25. The lowest BCUT2D eigenvalue weighted by atomic mass is 10.2. The van der Waals surface area contributed by atoms with E-state index in [1.807, 2.05) is 6.07 Å². The molecule has 0 aliphatic carbocycles. The number of phenols is 1. The predicted octanol–water partition coefficient (Wildman–Crippen LogP) is 4.06. The molecule has 2 rings (SSSR count). The monoisotopic (exact) mass is 325 g/mol. The zero-order valence-corrected chi connectivity index (χ0v) is 11.5. The largest absolute Gasteiger partial charge is 0.506 e. The summed E-state index contributed by atoms with van der Waals surface area (Å²) in [4.78, 5) is 12.0. The van der Waals surface area contributed by atoms with Gasteiger partial charge in [-0.1, -0.05) is 23.7 Å². The van der Waals surface area contributed by atoms with E-state index in [9.17, 15) is 9.90 Å². The molecule has 0 bridgehead atoms. The van der Waals surface area contributed by atoms with E-state index >= 15 is 0 Å². The standard InChI is InChI=1S/C13H9BrClNO2/c14-10-4-2-1-3-9(10)13(18)16-11-7-8(15)5-6-12(11)17/h1-7,17H,(H,16,18). The molecule has 18 heavy (non-hydrogen) atoms. The highest BCUT2D eigenvalue weighted by Gasteiger charge is 2.11. The summed E-state index contributed by atoms with van der Waals surface area (Å²) >= 11 is 9.10. The Bertz CT molecular complexity index is 601. The molecule has 0 aromatic heterocycles. The number of phenolic OH excluding ortho intramolecular Hbond substituents is 1. The topological polar surface area (TPSA) is 49.3 Å². The van der Waals surface area contributed by atoms with Gasteiger partial charge in [-0.05, 0) is 46.3 Å². The third-order valence-electron chi connectivity index (χ3n) is 2.33. The fourth-order valence-corrected chi connectivity index (χ4v) is 2.08. The van der Waals surface area contributed by atoms with E-state index in [0.717, 1.165) is 0 Å². The summed E-state index contributed by atoms with van der Waals surface area (Å²) in [7, 11) is 0. The number of rotatable bonds is 2. The molecule has 92 valence electrons. The maximum Gasteiger partial charge on any atom is 0.256 e. The molecule has 2 N–H and O–H groups in total. The number of carbonyl (C=O) groups excluding carboxylic acids is 1. The van der Waals surface area contributed by atoms with Crippen LogP contribution in [-0.2, 0) is 0 Å². The van der Waals surface area contributed by atoms with Crippen molar-refractivity contribution in [1.82, 2.24) is 0 Å². The van der Waals surface area contributed by atoms with E-state index < -0.39 is 0 Å². The zero-order valence-electron chi connectivity index (χ0n) is 9.15. The summed E-state index contributed by atoms with van der Waals surface area (Å²) in [6.45, 7) is 0. The van der Waals surface area contributed by atoms with Crippen LogP contribution in [0.2, 0.25) is 5.02 Å². The number of hydrogen-bond acceptors (Lipinski definition) is 2. The molecule has 0 aliphatic heterocycles. The first kappa shape index (κ1) is 12.9. The highest BCUT2D eigenvalue weighted by Crippen LogP contribution is 2.27. The molecule has 0 spiro atoms. The van der Waals surface area contributed by atoms with E-state index in [0.29, 0.717) is 15.1 Å². The van der Waals surface area contributed by atoms with Gasteiger partial charge < -0.3 is 10.4 Å². The molecule has 3 nitrogen and oxygen atoms in total. The lowest BCUT2D eigenvalue weighted by molar-refractivity contribution is 0.102. The number of anilines is 1. The van der Waals surface area contributed by atoms with E-state index in [2.05, 4.69) is 21.2 Å². The van der Waals surface area contributed by atoms with E-state index in [1.54, 1.807) is 24.3 Å². The number of nitrogens with one attached hydrogen (secondary N) is 1. The number of hydrogen-bond donors (Lipinski definition) is 2. The Labute approximate surface area is 118 Å². The fourth-order valence-electron chi connectivity index (χ4n) is 1.44. The first-order valence-corrected chi connectivity index (χ1v) is 6.29. The highest BCUT2D eigenvalue weighted by atomic mass is 79.9. The van der Waals surface area contributed by atoms with Crippen LogP contribution in [0.3, 0.4) is 0 Å². The molecule has 0 saturated carbocycles. The van der Waals surface area contributed by atoms with Crippen LogP contribution in [0.1, 0.15) is 10.4 Å². The van der Waals surface area contributed by atoms with Gasteiger partial charge in [-0.2, -0.15) is 0 Å². The molecule has 0 unspecified atom stereocenters. The van der Waals surface area contributed by atoms with Crippen LogP contribution >= 0.6 is 27.5 Å². The van der Waals surface area contributed by atoms with Crippen LogP contribution in [0, 0.1) is 0 Å². The van der Waals surface area contributed by atoms with Crippen LogP contribution in [0.25, 0.3) is 0 Å². The summed E-state index contributed by atoms with van der Waals surface area (Å²) in [6.07, 6.45) is 0.